The highest BCUT2D eigenvalue weighted by atomic mass is 16.5. The van der Waals surface area contributed by atoms with Gasteiger partial charge in [-0.25, -0.2) is 4.99 Å². The van der Waals surface area contributed by atoms with Crippen LogP contribution in [0.2, 0.25) is 0 Å². The third kappa shape index (κ3) is 1.79. The molecule has 0 radical (unpaired) electrons. The minimum Gasteiger partial charge on any atom is -0.394 e. The number of aliphatic hydroxyl groups excluding tert-OH is 1. The Balaban J connectivity index is 1.75. The van der Waals surface area contributed by atoms with E-state index in [1.165, 1.54) is 0 Å². The van der Waals surface area contributed by atoms with E-state index in [1.807, 2.05) is 4.90 Å². The zero-order valence-electron chi connectivity index (χ0n) is 10.2. The summed E-state index contributed by atoms with van der Waals surface area (Å²) < 4.78 is 5.76. The fourth-order valence-corrected chi connectivity index (χ4v) is 2.57. The SMILES string of the molecule is CN=C1NC=NC2C1N=CN2C1CCC(CO)O1. The summed E-state index contributed by atoms with van der Waals surface area (Å²) in [6.07, 6.45) is 5.02. The van der Waals surface area contributed by atoms with Crippen LogP contribution in [0.15, 0.2) is 15.0 Å². The van der Waals surface area contributed by atoms with Crippen LogP contribution in [0, 0.1) is 0 Å². The average molecular weight is 251 g/mol. The van der Waals surface area contributed by atoms with Crippen LogP contribution in [0.1, 0.15) is 12.8 Å². The second-order valence-corrected chi connectivity index (χ2v) is 4.57. The van der Waals surface area contributed by atoms with Crippen molar-refractivity contribution in [1.29, 1.82) is 0 Å². The van der Waals surface area contributed by atoms with Gasteiger partial charge in [0, 0.05) is 7.05 Å². The van der Waals surface area contributed by atoms with E-state index in [-0.39, 0.29) is 31.1 Å². The van der Waals surface area contributed by atoms with Crippen molar-refractivity contribution in [2.75, 3.05) is 13.7 Å². The van der Waals surface area contributed by atoms with Gasteiger partial charge in [-0.3, -0.25) is 9.98 Å². The van der Waals surface area contributed by atoms with Gasteiger partial charge in [-0.1, -0.05) is 0 Å². The molecule has 0 bridgehead atoms. The summed E-state index contributed by atoms with van der Waals surface area (Å²) in [5, 5.41) is 12.1. The van der Waals surface area contributed by atoms with Crippen molar-refractivity contribution in [1.82, 2.24) is 10.2 Å². The van der Waals surface area contributed by atoms with E-state index in [1.54, 1.807) is 19.7 Å². The fourth-order valence-electron chi connectivity index (χ4n) is 2.57. The predicted octanol–water partition coefficient (Wildman–Crippen LogP) is -0.818. The Bertz CT molecular complexity index is 408. The number of rotatable bonds is 2. The molecule has 7 nitrogen and oxygen atoms in total. The van der Waals surface area contributed by atoms with E-state index >= 15 is 0 Å². The molecular formula is C11H17N5O2. The van der Waals surface area contributed by atoms with Gasteiger partial charge in [-0.2, -0.15) is 0 Å². The van der Waals surface area contributed by atoms with Crippen LogP contribution in [0.4, 0.5) is 0 Å². The predicted molar refractivity (Wildman–Crippen MR) is 67.9 cm³/mol. The topological polar surface area (TPSA) is 81.8 Å². The number of aliphatic imine (C=N–C) groups is 3. The van der Waals surface area contributed by atoms with Gasteiger partial charge >= 0.3 is 0 Å². The summed E-state index contributed by atoms with van der Waals surface area (Å²) in [4.78, 5) is 15.0. The highest BCUT2D eigenvalue weighted by molar-refractivity contribution is 5.99. The van der Waals surface area contributed by atoms with Crippen molar-refractivity contribution in [3.63, 3.8) is 0 Å². The quantitative estimate of drug-likeness (QED) is 0.672. The summed E-state index contributed by atoms with van der Waals surface area (Å²) >= 11 is 0. The molecule has 0 aliphatic carbocycles. The number of ether oxygens (including phenoxy) is 1. The summed E-state index contributed by atoms with van der Waals surface area (Å²) in [6.45, 7) is 0.0715. The Hall–Kier alpha value is -1.47. The number of aliphatic hydroxyl groups is 1. The van der Waals surface area contributed by atoms with Crippen molar-refractivity contribution in [2.45, 2.75) is 37.4 Å². The van der Waals surface area contributed by atoms with E-state index in [2.05, 4.69) is 20.3 Å². The van der Waals surface area contributed by atoms with Crippen LogP contribution in [-0.2, 0) is 4.74 Å². The second-order valence-electron chi connectivity index (χ2n) is 4.57. The molecule has 4 atom stereocenters. The average Bonchev–Trinajstić information content (AvgIpc) is 3.03. The molecule has 0 aromatic carbocycles. The molecule has 1 fully saturated rings. The standard InChI is InChI=1S/C11H17N5O2/c1-12-10-9-11(14-5-13-10)16(6-15-9)8-3-2-7(4-17)18-8/h5-9,11,17H,2-4H2,1H3,(H,12,13,14). The minimum atomic E-state index is -0.0765. The lowest BCUT2D eigenvalue weighted by Crippen LogP contribution is -2.50. The molecule has 4 unspecified atom stereocenters. The van der Waals surface area contributed by atoms with Gasteiger partial charge in [0.15, 0.2) is 6.17 Å². The molecule has 0 spiro atoms. The third-order valence-electron chi connectivity index (χ3n) is 3.53. The first-order valence-electron chi connectivity index (χ1n) is 6.15. The third-order valence-corrected chi connectivity index (χ3v) is 3.53. The first-order chi connectivity index (χ1) is 8.83. The molecule has 3 aliphatic rings. The molecule has 7 heteroatoms. The molecule has 0 saturated carbocycles. The number of nitrogens with zero attached hydrogens (tertiary/aromatic N) is 4. The lowest BCUT2D eigenvalue weighted by atomic mass is 10.1. The van der Waals surface area contributed by atoms with Crippen molar-refractivity contribution in [3.05, 3.63) is 0 Å². The summed E-state index contributed by atoms with van der Waals surface area (Å²) in [5.41, 5.74) is 0. The van der Waals surface area contributed by atoms with Crippen LogP contribution in [0.25, 0.3) is 0 Å². The Morgan fingerprint density at radius 3 is 3.17 bits per heavy atom. The molecule has 0 amide bonds. The summed E-state index contributed by atoms with van der Waals surface area (Å²) in [7, 11) is 1.74. The smallest absolute Gasteiger partial charge is 0.155 e. The van der Waals surface area contributed by atoms with Crippen molar-refractivity contribution < 1.29 is 9.84 Å². The van der Waals surface area contributed by atoms with E-state index in [4.69, 9.17) is 9.84 Å². The lowest BCUT2D eigenvalue weighted by molar-refractivity contribution is -0.0486. The van der Waals surface area contributed by atoms with Gasteiger partial charge in [-0.15, -0.1) is 0 Å². The van der Waals surface area contributed by atoms with Crippen LogP contribution < -0.4 is 5.32 Å². The zero-order chi connectivity index (χ0) is 12.5. The van der Waals surface area contributed by atoms with Gasteiger partial charge in [-0.05, 0) is 12.8 Å². The van der Waals surface area contributed by atoms with Gasteiger partial charge in [0.2, 0.25) is 0 Å². The number of hydrogen-bond donors (Lipinski definition) is 2. The van der Waals surface area contributed by atoms with Gasteiger partial charge in [0.05, 0.1) is 25.4 Å². The first-order valence-corrected chi connectivity index (χ1v) is 6.15. The van der Waals surface area contributed by atoms with Gasteiger partial charge < -0.3 is 20.1 Å². The molecule has 3 aliphatic heterocycles. The van der Waals surface area contributed by atoms with Crippen molar-refractivity contribution in [3.8, 4) is 0 Å². The highest BCUT2D eigenvalue weighted by Gasteiger charge is 2.41. The molecule has 3 heterocycles. The Labute approximate surface area is 105 Å². The molecule has 0 aromatic rings. The van der Waals surface area contributed by atoms with Crippen LogP contribution in [0.3, 0.4) is 0 Å². The highest BCUT2D eigenvalue weighted by Crippen LogP contribution is 2.28. The Kier molecular flexibility index (Phi) is 3.00. The summed E-state index contributed by atoms with van der Waals surface area (Å²) in [6, 6.07) is -0.0724. The second kappa shape index (κ2) is 4.66. The molecule has 2 N–H and O–H groups in total. The van der Waals surface area contributed by atoms with Crippen molar-refractivity contribution in [2.24, 2.45) is 15.0 Å². The molecular weight excluding hydrogens is 234 g/mol. The van der Waals surface area contributed by atoms with Crippen LogP contribution >= 0.6 is 0 Å². The monoisotopic (exact) mass is 251 g/mol. The van der Waals surface area contributed by atoms with E-state index in [0.29, 0.717) is 0 Å². The fraction of sp³-hybridized carbons (Fsp3) is 0.727. The first kappa shape index (κ1) is 11.6. The number of nitrogens with one attached hydrogen (secondary N) is 1. The number of amidine groups is 1. The van der Waals surface area contributed by atoms with E-state index in [0.717, 1.165) is 18.7 Å². The molecule has 1 saturated heterocycles. The molecule has 0 aromatic heterocycles. The number of hydrogen-bond acceptors (Lipinski definition) is 6. The normalized spacial score (nSPS) is 40.3. The maximum atomic E-state index is 9.10. The van der Waals surface area contributed by atoms with Gasteiger partial charge in [0.25, 0.3) is 0 Å². The van der Waals surface area contributed by atoms with E-state index in [9.17, 15) is 0 Å². The number of fused-ring (bicyclic) bond motifs is 1. The van der Waals surface area contributed by atoms with Crippen LogP contribution in [-0.4, -0.2) is 66.7 Å². The van der Waals surface area contributed by atoms with Crippen molar-refractivity contribution >= 4 is 18.5 Å². The minimum absolute atomic E-state index is 0.0470. The Morgan fingerprint density at radius 2 is 2.44 bits per heavy atom. The molecule has 98 valence electrons. The Morgan fingerprint density at radius 1 is 1.56 bits per heavy atom. The molecule has 18 heavy (non-hydrogen) atoms. The van der Waals surface area contributed by atoms with E-state index < -0.39 is 0 Å². The lowest BCUT2D eigenvalue weighted by Gasteiger charge is -2.31. The largest absolute Gasteiger partial charge is 0.394 e. The van der Waals surface area contributed by atoms with Gasteiger partial charge in [0.1, 0.15) is 18.1 Å². The zero-order valence-corrected chi connectivity index (χ0v) is 10.2. The maximum absolute atomic E-state index is 9.10. The maximum Gasteiger partial charge on any atom is 0.155 e. The van der Waals surface area contributed by atoms with Crippen LogP contribution in [0.5, 0.6) is 0 Å². The molecule has 3 rings (SSSR count). The summed E-state index contributed by atoms with van der Waals surface area (Å²) in [5.74, 6) is 0.824.